The number of aliphatic imine (C=N–C) groups is 1. The van der Waals surface area contributed by atoms with Crippen LogP contribution in [0.15, 0.2) is 103 Å². The van der Waals surface area contributed by atoms with Crippen LogP contribution in [0.4, 0.5) is 0 Å². The van der Waals surface area contributed by atoms with E-state index in [0.29, 0.717) is 67.7 Å². The second-order valence-electron chi connectivity index (χ2n) is 33.0. The monoisotopic (exact) mass is 1600 g/mol. The number of aliphatic hydroxyl groups excluding tert-OH is 2. The van der Waals surface area contributed by atoms with Crippen LogP contribution in [0.25, 0.3) is 21.8 Å². The molecule has 11 amide bonds. The van der Waals surface area contributed by atoms with E-state index in [4.69, 9.17) is 17.2 Å². The lowest BCUT2D eigenvalue weighted by atomic mass is 9.45. The lowest BCUT2D eigenvalue weighted by molar-refractivity contribution is -0.142. The minimum Gasteiger partial charge on any atom is -0.508 e. The van der Waals surface area contributed by atoms with Crippen LogP contribution in [-0.4, -0.2) is 204 Å². The SMILES string of the molecule is CC(C)C[C@H](NC(=O)[C@@H](Cc1c[nH]c2ccccc12)NC(=O)[C@H](Cc1ccc(O)cc1)NC(=O)[C@H](CO)NC(=O)[C@H](Cc1c[nH]c2ccccc12)NC(=O)[C@H](Cc1cnc[nH]1)NC(=O)[C@@H]1CCC(=O)N1)C(=O)N[C@@H](CCCN=C(N)N)C(=O)N1CCC[C@H]1C(=O)NCC(N)=O.C[C@]12CCC(=O)C[C@@H]1CC[C@@H]1[C@@H]2CC[C@]2(C)[C@@H](O)CC[C@@H]12. The Labute approximate surface area is 672 Å². The van der Waals surface area contributed by atoms with E-state index < -0.39 is 127 Å². The van der Waals surface area contributed by atoms with E-state index in [-0.39, 0.29) is 112 Å². The molecule has 0 unspecified atom stereocenters. The molecule has 5 heterocycles. The van der Waals surface area contributed by atoms with Crippen LogP contribution in [0.5, 0.6) is 5.75 Å². The molecule has 12 rings (SSSR count). The van der Waals surface area contributed by atoms with Gasteiger partial charge in [0.05, 0.1) is 25.6 Å². The Hall–Kier alpha value is -11.2. The Kier molecular flexibility index (Phi) is 28.4. The van der Waals surface area contributed by atoms with Crippen molar-refractivity contribution >= 4 is 98.5 Å². The number of imidazole rings is 1. The highest BCUT2D eigenvalue weighted by molar-refractivity contribution is 6.00. The predicted octanol–water partition coefficient (Wildman–Crippen LogP) is 1.66. The van der Waals surface area contributed by atoms with E-state index in [9.17, 15) is 63.3 Å². The van der Waals surface area contributed by atoms with E-state index in [2.05, 4.69) is 86.6 Å². The number of carbonyl (C=O) groups excluding carboxylic acids is 12. The number of H-pyrrole nitrogens is 3. The van der Waals surface area contributed by atoms with Crippen molar-refractivity contribution in [1.82, 2.24) is 72.7 Å². The number of Topliss-reactive ketones (excluding diaryl/α,β-unsaturated/α-hetero) is 1. The van der Waals surface area contributed by atoms with Gasteiger partial charge in [-0.15, -0.1) is 0 Å². The van der Waals surface area contributed by atoms with Gasteiger partial charge in [-0.05, 0) is 165 Å². The molecule has 6 aliphatic rings. The number of phenolic OH excluding ortho intramolecular Hbond substituents is 1. The highest BCUT2D eigenvalue weighted by atomic mass is 16.3. The number of hydrogen-bond acceptors (Lipinski definition) is 17. The fraction of sp³-hybridized carbons (Fsp3) is 0.542. The number of nitrogens with zero attached hydrogens (tertiary/aromatic N) is 3. The maximum Gasteiger partial charge on any atom is 0.245 e. The van der Waals surface area contributed by atoms with Crippen LogP contribution < -0.4 is 65.1 Å². The van der Waals surface area contributed by atoms with Gasteiger partial charge in [-0.2, -0.15) is 0 Å². The third kappa shape index (κ3) is 21.1. The average molecular weight is 1600 g/mol. The molecule has 0 radical (unpaired) electrons. The number of amides is 11. The van der Waals surface area contributed by atoms with Crippen molar-refractivity contribution in [3.05, 3.63) is 120 Å². The summed E-state index contributed by atoms with van der Waals surface area (Å²) in [6.07, 6.45) is 16.6. The fourth-order valence-corrected chi connectivity index (χ4v) is 18.5. The number of benzene rings is 3. The van der Waals surface area contributed by atoms with Crippen molar-refractivity contribution in [2.45, 2.75) is 217 Å². The van der Waals surface area contributed by atoms with Crippen molar-refractivity contribution in [3.63, 3.8) is 0 Å². The third-order valence-corrected chi connectivity index (χ3v) is 24.8. The zero-order chi connectivity index (χ0) is 83.1. The molecular weight excluding hydrogens is 1490 g/mol. The molecule has 21 N–H and O–H groups in total. The lowest BCUT2D eigenvalue weighted by Gasteiger charge is -2.60. The van der Waals surface area contributed by atoms with Gasteiger partial charge >= 0.3 is 0 Å². The summed E-state index contributed by atoms with van der Waals surface area (Å²) < 4.78 is 0. The van der Waals surface area contributed by atoms with Gasteiger partial charge in [-0.3, -0.25) is 62.5 Å². The zero-order valence-corrected chi connectivity index (χ0v) is 66.2. The van der Waals surface area contributed by atoms with Crippen LogP contribution in [0.2, 0.25) is 0 Å². The zero-order valence-electron chi connectivity index (χ0n) is 66.2. The number of ketones is 1. The van der Waals surface area contributed by atoms with Gasteiger partial charge in [0.1, 0.15) is 65.9 Å². The number of aromatic amines is 3. The first-order valence-corrected chi connectivity index (χ1v) is 40.5. The summed E-state index contributed by atoms with van der Waals surface area (Å²) in [6.45, 7) is 7.17. The number of carbonyl (C=O) groups is 12. The summed E-state index contributed by atoms with van der Waals surface area (Å²) in [5.74, 6) is -5.52. The number of rotatable bonds is 33. The van der Waals surface area contributed by atoms with Gasteiger partial charge in [0.2, 0.25) is 65.0 Å². The number of guanidine groups is 1. The van der Waals surface area contributed by atoms with E-state index in [1.165, 1.54) is 73.8 Å². The number of hydrogen-bond donors (Lipinski definition) is 18. The number of aromatic hydroxyl groups is 1. The minimum absolute atomic E-state index is 0.00905. The summed E-state index contributed by atoms with van der Waals surface area (Å²) in [7, 11) is 0. The quantitative estimate of drug-likeness (QED) is 0.0158. The van der Waals surface area contributed by atoms with E-state index in [1.54, 1.807) is 74.8 Å². The molecule has 0 spiro atoms. The number of para-hydroxylation sites is 2. The molecule has 6 aromatic rings. The number of aliphatic hydroxyl groups is 2. The molecule has 33 nitrogen and oxygen atoms in total. The second kappa shape index (κ2) is 38.5. The van der Waals surface area contributed by atoms with Crippen LogP contribution in [0, 0.1) is 40.4 Å². The Bertz CT molecular complexity index is 4560. The van der Waals surface area contributed by atoms with Crippen LogP contribution in [0.1, 0.15) is 153 Å². The number of nitrogens with one attached hydrogen (secondary N) is 12. The standard InChI is InChI=1S/C64H82N18O13.C19H30O2/c1-34(2)23-46(56(88)75-45(13-7-21-69-64(66)67)63(95)82-22-8-14-52(82)62(94)72-31-53(65)85)76-58(90)48(25-36-28-70-42-11-5-3-9-40(36)42)78-57(89)47(24-35-15-17-39(84)18-16-35)77-61(93)51(32-83)81-59(91)49(26-37-29-71-43-12-6-4-10-41(37)43)79-60(92)50(27-38-30-68-33-73-38)80-55(87)44-19-20-54(86)74-44;1-18-9-7-13(20)11-12(18)3-4-14-15-5-6-17(21)19(15,2)10-8-16(14)18/h3-6,9-12,15-18,28-30,33-34,44-52,70-71,83-84H,7-8,13-14,19-27,31-32H2,1-2H3,(H2,65,85)(H,68,73)(H,72,94)(H,74,86)(H,75,88)(H,76,90)(H,77,93)(H,78,89)(H,79,92)(H,80,87)(H,81,91)(H4,66,67,69);12,14-17,21H,3-11H2,1-2H3/t44-,45-,46-,47-,48+,49-,50-,51-,52-;12-,14-,15-,16-,17-,18-,19-/m00/s1. The molecule has 3 aromatic heterocycles. The van der Waals surface area contributed by atoms with Crippen molar-refractivity contribution in [3.8, 4) is 5.75 Å². The topological polar surface area (TPSA) is 528 Å². The number of aromatic nitrogens is 4. The molecular formula is C83H112N18O15. The number of fused-ring (bicyclic) bond motifs is 7. The number of likely N-dealkylation sites (tertiary alicyclic amines) is 1. The second-order valence-corrected chi connectivity index (χ2v) is 33.0. The average Bonchev–Trinajstić information content (AvgIpc) is 1.31. The molecule has 2 aliphatic heterocycles. The summed E-state index contributed by atoms with van der Waals surface area (Å²) in [5.41, 5.74) is 20.4. The first-order valence-electron chi connectivity index (χ1n) is 40.5. The van der Waals surface area contributed by atoms with E-state index >= 15 is 9.59 Å². The van der Waals surface area contributed by atoms with Crippen molar-refractivity contribution in [2.75, 3.05) is 26.2 Å². The highest BCUT2D eigenvalue weighted by Gasteiger charge is 2.60. The van der Waals surface area contributed by atoms with Crippen molar-refractivity contribution < 1.29 is 72.9 Å². The Morgan fingerprint density at radius 3 is 1.78 bits per heavy atom. The largest absolute Gasteiger partial charge is 0.508 e. The van der Waals surface area contributed by atoms with E-state index in [0.717, 1.165) is 43.4 Å². The van der Waals surface area contributed by atoms with Gasteiger partial charge in [0, 0.05) is 104 Å². The van der Waals surface area contributed by atoms with Gasteiger partial charge in [0.15, 0.2) is 5.96 Å². The first kappa shape index (κ1) is 85.7. The molecule has 16 atom stereocenters. The molecule has 4 aliphatic carbocycles. The normalized spacial score (nSPS) is 23.9. The van der Waals surface area contributed by atoms with Gasteiger partial charge < -0.3 is 100 Å². The Balaban J connectivity index is 0.000000537. The lowest BCUT2D eigenvalue weighted by Crippen LogP contribution is -2.61. The fourth-order valence-electron chi connectivity index (χ4n) is 18.5. The van der Waals surface area contributed by atoms with Crippen LogP contribution in [-0.2, 0) is 83.2 Å². The Morgan fingerprint density at radius 2 is 1.20 bits per heavy atom. The van der Waals surface area contributed by atoms with Gasteiger partial charge in [-0.1, -0.05) is 76.2 Å². The maximum absolute atomic E-state index is 15.1. The van der Waals surface area contributed by atoms with Crippen molar-refractivity contribution in [1.29, 1.82) is 0 Å². The number of primary amides is 1. The van der Waals surface area contributed by atoms with Crippen molar-refractivity contribution in [2.24, 2.45) is 62.6 Å². The molecule has 2 saturated heterocycles. The van der Waals surface area contributed by atoms with Crippen LogP contribution in [0.3, 0.4) is 0 Å². The van der Waals surface area contributed by atoms with Crippen LogP contribution >= 0.6 is 0 Å². The molecule has 3 aromatic carbocycles. The third-order valence-electron chi connectivity index (χ3n) is 24.8. The summed E-state index contributed by atoms with van der Waals surface area (Å²) in [6, 6.07) is 7.78. The Morgan fingerprint density at radius 1 is 0.621 bits per heavy atom. The maximum atomic E-state index is 15.1. The smallest absolute Gasteiger partial charge is 0.245 e. The molecule has 33 heteroatoms. The molecule has 4 saturated carbocycles. The molecule has 116 heavy (non-hydrogen) atoms. The number of phenols is 1. The summed E-state index contributed by atoms with van der Waals surface area (Å²) in [5, 5.41) is 57.0. The molecule has 624 valence electrons. The minimum atomic E-state index is -1.80. The van der Waals surface area contributed by atoms with E-state index in [1.807, 2.05) is 0 Å². The molecule has 0 bridgehead atoms. The highest BCUT2D eigenvalue weighted by Crippen LogP contribution is 2.66. The summed E-state index contributed by atoms with van der Waals surface area (Å²) in [4.78, 5) is 184. The van der Waals surface area contributed by atoms with Gasteiger partial charge in [-0.25, -0.2) is 4.98 Å². The number of nitrogens with two attached hydrogens (primary N) is 3. The summed E-state index contributed by atoms with van der Waals surface area (Å²) >= 11 is 0. The van der Waals surface area contributed by atoms with Gasteiger partial charge in [0.25, 0.3) is 0 Å². The predicted molar refractivity (Wildman–Crippen MR) is 429 cm³/mol. The molecule has 6 fully saturated rings. The first-order chi connectivity index (χ1) is 55.5.